The summed E-state index contributed by atoms with van der Waals surface area (Å²) in [5.41, 5.74) is 1.96. The molecule has 1 aromatic carbocycles. The molecular weight excluding hydrogens is 360 g/mol. The molecule has 0 radical (unpaired) electrons. The lowest BCUT2D eigenvalue weighted by Gasteiger charge is -2.23. The van der Waals surface area contributed by atoms with Gasteiger partial charge in [-0.3, -0.25) is 4.68 Å². The zero-order valence-corrected chi connectivity index (χ0v) is 16.6. The minimum absolute atomic E-state index is 0.202. The van der Waals surface area contributed by atoms with Gasteiger partial charge in [0.25, 0.3) is 0 Å². The van der Waals surface area contributed by atoms with Crippen LogP contribution in [0.15, 0.2) is 29.3 Å². The minimum atomic E-state index is -3.38. The van der Waals surface area contributed by atoms with Crippen molar-refractivity contribution in [1.29, 1.82) is 0 Å². The van der Waals surface area contributed by atoms with E-state index in [9.17, 15) is 8.42 Å². The standard InChI is InChI=1S/C20H28N4O2S/c1-27(25,26)20-18-14-16(3-2-15-6-10-21-11-7-15)4-5-19(18)24(23-20)17-8-12-22-13-9-17/h2-5,14-15,17,21-22H,6-13H2,1H3/b3-2+. The zero-order chi connectivity index (χ0) is 18.9. The molecule has 4 rings (SSSR count). The van der Waals surface area contributed by atoms with Gasteiger partial charge in [0.2, 0.25) is 0 Å². The van der Waals surface area contributed by atoms with Crippen molar-refractivity contribution in [2.24, 2.45) is 5.92 Å². The Morgan fingerprint density at radius 3 is 2.41 bits per heavy atom. The second kappa shape index (κ2) is 7.73. The van der Waals surface area contributed by atoms with Crippen LogP contribution in [0.1, 0.15) is 37.3 Å². The number of fused-ring (bicyclic) bond motifs is 1. The maximum absolute atomic E-state index is 12.3. The van der Waals surface area contributed by atoms with E-state index in [0.717, 1.165) is 68.3 Å². The van der Waals surface area contributed by atoms with E-state index < -0.39 is 9.84 Å². The summed E-state index contributed by atoms with van der Waals surface area (Å²) < 4.78 is 26.6. The van der Waals surface area contributed by atoms with E-state index in [1.54, 1.807) is 0 Å². The van der Waals surface area contributed by atoms with Gasteiger partial charge in [0.05, 0.1) is 11.6 Å². The molecule has 2 aliphatic rings. The molecule has 27 heavy (non-hydrogen) atoms. The lowest BCUT2D eigenvalue weighted by Crippen LogP contribution is -2.29. The van der Waals surface area contributed by atoms with Gasteiger partial charge in [0.1, 0.15) is 0 Å². The Balaban J connectivity index is 1.71. The summed E-state index contributed by atoms with van der Waals surface area (Å²) in [4.78, 5) is 0. The molecule has 2 aliphatic heterocycles. The number of piperidine rings is 2. The molecule has 2 fully saturated rings. The average molecular weight is 389 g/mol. The summed E-state index contributed by atoms with van der Waals surface area (Å²) in [5.74, 6) is 0.591. The largest absolute Gasteiger partial charge is 0.317 e. The van der Waals surface area contributed by atoms with Crippen LogP contribution in [-0.4, -0.2) is 50.6 Å². The van der Waals surface area contributed by atoms with Crippen LogP contribution in [0.2, 0.25) is 0 Å². The van der Waals surface area contributed by atoms with Gasteiger partial charge in [0.15, 0.2) is 14.9 Å². The number of nitrogens with zero attached hydrogens (tertiary/aromatic N) is 2. The van der Waals surface area contributed by atoms with Gasteiger partial charge in [-0.05, 0) is 75.5 Å². The van der Waals surface area contributed by atoms with Crippen molar-refractivity contribution in [2.45, 2.75) is 36.8 Å². The van der Waals surface area contributed by atoms with Crippen molar-refractivity contribution in [1.82, 2.24) is 20.4 Å². The van der Waals surface area contributed by atoms with Gasteiger partial charge in [-0.25, -0.2) is 8.42 Å². The Hall–Kier alpha value is -1.70. The quantitative estimate of drug-likeness (QED) is 0.841. The Morgan fingerprint density at radius 1 is 1.07 bits per heavy atom. The van der Waals surface area contributed by atoms with E-state index in [4.69, 9.17) is 0 Å². The summed E-state index contributed by atoms with van der Waals surface area (Å²) in [6, 6.07) is 6.33. The SMILES string of the molecule is CS(=O)(=O)c1nn(C2CCNCC2)c2ccc(/C=C/C3CCNCC3)cc12. The highest BCUT2D eigenvalue weighted by atomic mass is 32.2. The normalized spacial score (nSPS) is 20.6. The van der Waals surface area contributed by atoms with Crippen LogP contribution in [0.4, 0.5) is 0 Å². The van der Waals surface area contributed by atoms with Gasteiger partial charge < -0.3 is 10.6 Å². The van der Waals surface area contributed by atoms with Crippen LogP contribution in [0.25, 0.3) is 17.0 Å². The number of aromatic nitrogens is 2. The van der Waals surface area contributed by atoms with Crippen LogP contribution < -0.4 is 10.6 Å². The highest BCUT2D eigenvalue weighted by Crippen LogP contribution is 2.30. The molecule has 7 heteroatoms. The second-order valence-electron chi connectivity index (χ2n) is 7.73. The molecule has 0 amide bonds. The van der Waals surface area contributed by atoms with Crippen LogP contribution in [0.5, 0.6) is 0 Å². The summed E-state index contributed by atoms with van der Waals surface area (Å²) >= 11 is 0. The second-order valence-corrected chi connectivity index (χ2v) is 9.66. The van der Waals surface area contributed by atoms with E-state index >= 15 is 0 Å². The number of rotatable bonds is 4. The number of hydrogen-bond acceptors (Lipinski definition) is 5. The van der Waals surface area contributed by atoms with Crippen LogP contribution >= 0.6 is 0 Å². The summed E-state index contributed by atoms with van der Waals surface area (Å²) in [7, 11) is -3.38. The highest BCUT2D eigenvalue weighted by molar-refractivity contribution is 7.90. The van der Waals surface area contributed by atoms with Crippen molar-refractivity contribution < 1.29 is 8.42 Å². The van der Waals surface area contributed by atoms with Crippen LogP contribution in [0, 0.1) is 5.92 Å². The maximum Gasteiger partial charge on any atom is 0.195 e. The third-order valence-electron chi connectivity index (χ3n) is 5.65. The monoisotopic (exact) mass is 388 g/mol. The van der Waals surface area contributed by atoms with Gasteiger partial charge in [-0.15, -0.1) is 0 Å². The fourth-order valence-electron chi connectivity index (χ4n) is 4.12. The molecule has 1 aromatic heterocycles. The Morgan fingerprint density at radius 2 is 1.74 bits per heavy atom. The van der Waals surface area contributed by atoms with Crippen molar-refractivity contribution in [3.05, 3.63) is 29.8 Å². The first kappa shape index (κ1) is 18.7. The van der Waals surface area contributed by atoms with Gasteiger partial charge >= 0.3 is 0 Å². The Labute approximate surface area is 160 Å². The predicted octanol–water partition coefficient (Wildman–Crippen LogP) is 2.38. The molecule has 0 atom stereocenters. The smallest absolute Gasteiger partial charge is 0.195 e. The number of benzene rings is 1. The molecule has 6 nitrogen and oxygen atoms in total. The minimum Gasteiger partial charge on any atom is -0.317 e. The van der Waals surface area contributed by atoms with Crippen LogP contribution in [0.3, 0.4) is 0 Å². The molecule has 146 valence electrons. The van der Waals surface area contributed by atoms with E-state index in [1.165, 1.54) is 6.26 Å². The van der Waals surface area contributed by atoms with E-state index in [-0.39, 0.29) is 11.1 Å². The molecule has 2 N–H and O–H groups in total. The molecule has 3 heterocycles. The fraction of sp³-hybridized carbons (Fsp3) is 0.550. The van der Waals surface area contributed by atoms with Crippen molar-refractivity contribution in [3.8, 4) is 0 Å². The first-order chi connectivity index (χ1) is 13.0. The molecule has 0 aliphatic carbocycles. The summed E-state index contributed by atoms with van der Waals surface area (Å²) in [5, 5.41) is 12.2. The first-order valence-corrected chi connectivity index (χ1v) is 11.7. The van der Waals surface area contributed by atoms with Crippen molar-refractivity contribution in [2.75, 3.05) is 32.4 Å². The van der Waals surface area contributed by atoms with Crippen LogP contribution in [-0.2, 0) is 9.84 Å². The number of nitrogens with one attached hydrogen (secondary N) is 2. The fourth-order valence-corrected chi connectivity index (χ4v) is 4.92. The van der Waals surface area contributed by atoms with Crippen molar-refractivity contribution >= 4 is 26.8 Å². The Kier molecular flexibility index (Phi) is 5.34. The van der Waals surface area contributed by atoms with E-state index in [2.05, 4.69) is 34.0 Å². The molecule has 0 saturated carbocycles. The lowest BCUT2D eigenvalue weighted by atomic mass is 9.97. The first-order valence-electron chi connectivity index (χ1n) is 9.84. The van der Waals surface area contributed by atoms with E-state index in [1.807, 2.05) is 16.8 Å². The topological polar surface area (TPSA) is 76.0 Å². The Bertz CT molecular complexity index is 936. The third kappa shape index (κ3) is 4.10. The average Bonchev–Trinajstić information content (AvgIpc) is 3.07. The number of hydrogen-bond donors (Lipinski definition) is 2. The molecule has 0 unspecified atom stereocenters. The predicted molar refractivity (Wildman–Crippen MR) is 109 cm³/mol. The molecular formula is C20H28N4O2S. The van der Waals surface area contributed by atoms with Crippen molar-refractivity contribution in [3.63, 3.8) is 0 Å². The summed E-state index contributed by atoms with van der Waals surface area (Å²) in [6.07, 6.45) is 9.89. The molecule has 0 spiro atoms. The van der Waals surface area contributed by atoms with Gasteiger partial charge in [-0.1, -0.05) is 18.2 Å². The summed E-state index contributed by atoms with van der Waals surface area (Å²) in [6.45, 7) is 4.01. The third-order valence-corrected chi connectivity index (χ3v) is 6.65. The maximum atomic E-state index is 12.3. The lowest BCUT2D eigenvalue weighted by molar-refractivity contribution is 0.347. The van der Waals surface area contributed by atoms with Gasteiger partial charge in [0, 0.05) is 11.6 Å². The van der Waals surface area contributed by atoms with E-state index in [0.29, 0.717) is 5.92 Å². The number of allylic oxidation sites excluding steroid dienone is 1. The molecule has 2 saturated heterocycles. The molecule has 2 aromatic rings. The highest BCUT2D eigenvalue weighted by Gasteiger charge is 2.24. The zero-order valence-electron chi connectivity index (χ0n) is 15.8. The molecule has 0 bridgehead atoms. The van der Waals surface area contributed by atoms with Gasteiger partial charge in [-0.2, -0.15) is 5.10 Å². The number of sulfone groups is 1.